The highest BCUT2D eigenvalue weighted by molar-refractivity contribution is 7.92. The summed E-state index contributed by atoms with van der Waals surface area (Å²) in [5.41, 5.74) is 1.54. The molecule has 0 spiro atoms. The Morgan fingerprint density at radius 3 is 2.41 bits per heavy atom. The van der Waals surface area contributed by atoms with Gasteiger partial charge in [-0.25, -0.2) is 8.42 Å². The molecule has 0 aliphatic heterocycles. The number of carbonyl (C=O) groups excluding carboxylic acids is 1. The Labute approximate surface area is 161 Å². The number of nitrogens with one attached hydrogen (secondary N) is 2. The van der Waals surface area contributed by atoms with Crippen molar-refractivity contribution in [2.45, 2.75) is 43.9 Å². The van der Waals surface area contributed by atoms with Crippen LogP contribution in [0, 0.1) is 12.8 Å². The van der Waals surface area contributed by atoms with E-state index in [1.807, 2.05) is 0 Å². The number of hydrogen-bond acceptors (Lipinski definition) is 3. The molecule has 2 aromatic rings. The van der Waals surface area contributed by atoms with Crippen LogP contribution >= 0.6 is 0 Å². The molecule has 5 nitrogen and oxygen atoms in total. The van der Waals surface area contributed by atoms with Gasteiger partial charge in [0.05, 0.1) is 10.6 Å². The largest absolute Gasteiger partial charge is 0.352 e. The van der Waals surface area contributed by atoms with Gasteiger partial charge in [-0.3, -0.25) is 9.52 Å². The number of anilines is 1. The van der Waals surface area contributed by atoms with Gasteiger partial charge in [-0.1, -0.05) is 43.5 Å². The van der Waals surface area contributed by atoms with Crippen LogP contribution in [0.5, 0.6) is 0 Å². The molecule has 1 amide bonds. The second kappa shape index (κ2) is 8.57. The minimum atomic E-state index is -3.69. The van der Waals surface area contributed by atoms with Gasteiger partial charge >= 0.3 is 0 Å². The molecule has 1 fully saturated rings. The first-order valence-corrected chi connectivity index (χ1v) is 10.9. The Morgan fingerprint density at radius 2 is 1.70 bits per heavy atom. The molecule has 27 heavy (non-hydrogen) atoms. The van der Waals surface area contributed by atoms with Gasteiger partial charge in [-0.2, -0.15) is 0 Å². The summed E-state index contributed by atoms with van der Waals surface area (Å²) < 4.78 is 27.7. The molecule has 2 N–H and O–H groups in total. The number of hydrogen-bond donors (Lipinski definition) is 2. The fourth-order valence-corrected chi connectivity index (χ4v) is 4.66. The zero-order valence-corrected chi connectivity index (χ0v) is 16.4. The van der Waals surface area contributed by atoms with Crippen LogP contribution in [0.25, 0.3) is 0 Å². The number of carbonyl (C=O) groups is 1. The molecule has 6 heteroatoms. The highest BCUT2D eigenvalue weighted by Gasteiger charge is 2.19. The Bertz CT molecular complexity index is 889. The molecule has 0 radical (unpaired) electrons. The molecule has 0 bridgehead atoms. The molecule has 1 saturated carbocycles. The van der Waals surface area contributed by atoms with Crippen LogP contribution < -0.4 is 10.0 Å². The monoisotopic (exact) mass is 386 g/mol. The summed E-state index contributed by atoms with van der Waals surface area (Å²) in [4.78, 5) is 12.8. The second-order valence-corrected chi connectivity index (χ2v) is 8.79. The lowest BCUT2D eigenvalue weighted by Crippen LogP contribution is -2.30. The summed E-state index contributed by atoms with van der Waals surface area (Å²) in [6, 6.07) is 13.3. The van der Waals surface area contributed by atoms with Crippen molar-refractivity contribution >= 4 is 21.6 Å². The van der Waals surface area contributed by atoms with Crippen molar-refractivity contribution in [3.63, 3.8) is 0 Å². The van der Waals surface area contributed by atoms with Crippen LogP contribution in [0.2, 0.25) is 0 Å². The summed E-state index contributed by atoms with van der Waals surface area (Å²) in [6.45, 7) is 2.44. The first-order chi connectivity index (χ1) is 13.0. The van der Waals surface area contributed by atoms with E-state index in [1.54, 1.807) is 55.5 Å². The van der Waals surface area contributed by atoms with E-state index in [-0.39, 0.29) is 10.8 Å². The van der Waals surface area contributed by atoms with Gasteiger partial charge in [0.2, 0.25) is 0 Å². The normalized spacial score (nSPS) is 15.3. The van der Waals surface area contributed by atoms with E-state index in [2.05, 4.69) is 10.0 Å². The van der Waals surface area contributed by atoms with E-state index in [0.29, 0.717) is 29.3 Å². The average molecular weight is 387 g/mol. The zero-order valence-electron chi connectivity index (χ0n) is 15.6. The summed E-state index contributed by atoms with van der Waals surface area (Å²) in [5, 5.41) is 3.02. The molecule has 0 saturated heterocycles. The van der Waals surface area contributed by atoms with Gasteiger partial charge in [0.25, 0.3) is 15.9 Å². The topological polar surface area (TPSA) is 75.3 Å². The Kier molecular flexibility index (Phi) is 6.16. The van der Waals surface area contributed by atoms with Crippen LogP contribution in [0.15, 0.2) is 53.4 Å². The van der Waals surface area contributed by atoms with Gasteiger partial charge in [0, 0.05) is 12.1 Å². The molecule has 2 aromatic carbocycles. The van der Waals surface area contributed by atoms with Crippen molar-refractivity contribution in [1.82, 2.24) is 5.32 Å². The van der Waals surface area contributed by atoms with E-state index in [9.17, 15) is 13.2 Å². The third kappa shape index (κ3) is 4.89. The minimum Gasteiger partial charge on any atom is -0.352 e. The van der Waals surface area contributed by atoms with Crippen molar-refractivity contribution in [1.29, 1.82) is 0 Å². The maximum atomic E-state index is 12.6. The number of amides is 1. The highest BCUT2D eigenvalue weighted by atomic mass is 32.2. The smallest absolute Gasteiger partial charge is 0.261 e. The van der Waals surface area contributed by atoms with E-state index in [1.165, 1.54) is 19.3 Å². The number of rotatable bonds is 6. The Balaban J connectivity index is 1.72. The van der Waals surface area contributed by atoms with Crippen LogP contribution in [0.4, 0.5) is 5.69 Å². The van der Waals surface area contributed by atoms with Crippen LogP contribution in [-0.2, 0) is 10.0 Å². The molecule has 3 rings (SSSR count). The summed E-state index contributed by atoms with van der Waals surface area (Å²) in [6.07, 6.45) is 6.08. The first-order valence-electron chi connectivity index (χ1n) is 9.43. The van der Waals surface area contributed by atoms with Gasteiger partial charge in [-0.15, -0.1) is 0 Å². The summed E-state index contributed by atoms with van der Waals surface area (Å²) in [7, 11) is -3.69. The predicted octanol–water partition coefficient (Wildman–Crippen LogP) is 4.11. The molecule has 144 valence electrons. The SMILES string of the molecule is Cc1c(NS(=O)(=O)c2ccccc2)cccc1C(=O)NCC1CCCCC1. The maximum absolute atomic E-state index is 12.6. The third-order valence-corrected chi connectivity index (χ3v) is 6.53. The first kappa shape index (κ1) is 19.4. The summed E-state index contributed by atoms with van der Waals surface area (Å²) >= 11 is 0. The van der Waals surface area contributed by atoms with E-state index < -0.39 is 10.0 Å². The molecule has 0 atom stereocenters. The van der Waals surface area contributed by atoms with Gasteiger partial charge in [-0.05, 0) is 55.5 Å². The van der Waals surface area contributed by atoms with E-state index in [4.69, 9.17) is 0 Å². The molecule has 1 aliphatic carbocycles. The highest BCUT2D eigenvalue weighted by Crippen LogP contribution is 2.24. The minimum absolute atomic E-state index is 0.154. The second-order valence-electron chi connectivity index (χ2n) is 7.11. The maximum Gasteiger partial charge on any atom is 0.261 e. The lowest BCUT2D eigenvalue weighted by molar-refractivity contribution is 0.0943. The Morgan fingerprint density at radius 1 is 1.00 bits per heavy atom. The van der Waals surface area contributed by atoms with Crippen molar-refractivity contribution < 1.29 is 13.2 Å². The lowest BCUT2D eigenvalue weighted by Gasteiger charge is -2.22. The number of benzene rings is 2. The molecule has 0 heterocycles. The lowest BCUT2D eigenvalue weighted by atomic mass is 9.89. The van der Waals surface area contributed by atoms with Gasteiger partial charge in [0.1, 0.15) is 0 Å². The van der Waals surface area contributed by atoms with Gasteiger partial charge < -0.3 is 5.32 Å². The van der Waals surface area contributed by atoms with Crippen molar-refractivity contribution in [2.24, 2.45) is 5.92 Å². The van der Waals surface area contributed by atoms with Crippen LogP contribution in [0.3, 0.4) is 0 Å². The van der Waals surface area contributed by atoms with Crippen LogP contribution in [-0.4, -0.2) is 20.9 Å². The fourth-order valence-electron chi connectivity index (χ4n) is 3.52. The standard InChI is InChI=1S/C21H26N2O3S/c1-16-19(21(24)22-15-17-9-4-2-5-10-17)13-8-14-20(16)23-27(25,26)18-11-6-3-7-12-18/h3,6-8,11-14,17,23H,2,4-5,9-10,15H2,1H3,(H,22,24). The van der Waals surface area contributed by atoms with Gasteiger partial charge in [0.15, 0.2) is 0 Å². The van der Waals surface area contributed by atoms with E-state index >= 15 is 0 Å². The molecule has 1 aliphatic rings. The molecular weight excluding hydrogens is 360 g/mol. The molecular formula is C21H26N2O3S. The van der Waals surface area contributed by atoms with E-state index in [0.717, 1.165) is 12.8 Å². The summed E-state index contributed by atoms with van der Waals surface area (Å²) in [5.74, 6) is 0.390. The molecule has 0 unspecified atom stereocenters. The Hall–Kier alpha value is -2.34. The zero-order chi connectivity index (χ0) is 19.3. The average Bonchev–Trinajstić information content (AvgIpc) is 2.69. The van der Waals surface area contributed by atoms with Crippen molar-refractivity contribution in [2.75, 3.05) is 11.3 Å². The van der Waals surface area contributed by atoms with Crippen molar-refractivity contribution in [3.8, 4) is 0 Å². The predicted molar refractivity (Wildman–Crippen MR) is 107 cm³/mol. The third-order valence-electron chi connectivity index (χ3n) is 5.15. The molecule has 0 aromatic heterocycles. The van der Waals surface area contributed by atoms with Crippen LogP contribution in [0.1, 0.15) is 48.0 Å². The fraction of sp³-hybridized carbons (Fsp3) is 0.381. The quantitative estimate of drug-likeness (QED) is 0.785. The van der Waals surface area contributed by atoms with Crippen molar-refractivity contribution in [3.05, 3.63) is 59.7 Å². The number of sulfonamides is 1.